The number of pyridine rings is 1. The van der Waals surface area contributed by atoms with Crippen LogP contribution in [0.4, 0.5) is 0 Å². The number of aromatic nitrogens is 1. The lowest BCUT2D eigenvalue weighted by Crippen LogP contribution is -2.69. The monoisotopic (exact) mass is 624 g/mol. The molecule has 12 atom stereocenters. The number of hydrogen-bond acceptors (Lipinski definition) is 10. The SMILES string of the molecule is C[C@@H]1O[C@H](O[C@H]2CC[C@]3(C=NCc4ccncc4)[C@H]4CC[C@]5(C)[C@@H](C6=CC(=O)OC6)CC[C@]5(O)[C@@H]4CC[C@]3(O)C2)C[C@@H](O)[C@@H]1O. The van der Waals surface area contributed by atoms with E-state index in [1.807, 2.05) is 18.3 Å². The normalized spacial score (nSPS) is 48.0. The number of aliphatic hydroxyl groups excluding tert-OH is 2. The second-order valence-corrected chi connectivity index (χ2v) is 15.0. The third-order valence-electron chi connectivity index (χ3n) is 13.0. The minimum Gasteiger partial charge on any atom is -0.458 e. The molecule has 0 spiro atoms. The molecular formula is C35H48N2O8. The molecule has 45 heavy (non-hydrogen) atoms. The molecule has 10 nitrogen and oxygen atoms in total. The van der Waals surface area contributed by atoms with Gasteiger partial charge < -0.3 is 34.6 Å². The highest BCUT2D eigenvalue weighted by molar-refractivity contribution is 5.85. The van der Waals surface area contributed by atoms with E-state index >= 15 is 0 Å². The Morgan fingerprint density at radius 3 is 2.58 bits per heavy atom. The highest BCUT2D eigenvalue weighted by Gasteiger charge is 2.71. The summed E-state index contributed by atoms with van der Waals surface area (Å²) in [7, 11) is 0. The Labute approximate surface area is 264 Å². The average Bonchev–Trinajstić information content (AvgIpc) is 3.56. The number of cyclic esters (lactones) is 1. The fourth-order valence-electron chi connectivity index (χ4n) is 10.6. The Balaban J connectivity index is 1.17. The average molecular weight is 625 g/mol. The number of aliphatic hydroxyl groups is 4. The van der Waals surface area contributed by atoms with Crippen LogP contribution in [-0.4, -0.2) is 86.1 Å². The van der Waals surface area contributed by atoms with Crippen LogP contribution in [0.3, 0.4) is 0 Å². The van der Waals surface area contributed by atoms with E-state index in [0.717, 1.165) is 30.4 Å². The lowest BCUT2D eigenvalue weighted by atomic mass is 9.41. The van der Waals surface area contributed by atoms with E-state index in [1.165, 1.54) is 0 Å². The van der Waals surface area contributed by atoms with Gasteiger partial charge in [-0.15, -0.1) is 0 Å². The van der Waals surface area contributed by atoms with Crippen molar-refractivity contribution in [3.63, 3.8) is 0 Å². The summed E-state index contributed by atoms with van der Waals surface area (Å²) < 4.78 is 17.5. The van der Waals surface area contributed by atoms with Crippen LogP contribution in [0.1, 0.15) is 83.6 Å². The maximum atomic E-state index is 12.7. The molecule has 0 aromatic carbocycles. The van der Waals surface area contributed by atoms with Crippen molar-refractivity contribution in [2.75, 3.05) is 6.61 Å². The van der Waals surface area contributed by atoms with Crippen molar-refractivity contribution < 1.29 is 39.4 Å². The summed E-state index contributed by atoms with van der Waals surface area (Å²) >= 11 is 0. The van der Waals surface area contributed by atoms with E-state index in [1.54, 1.807) is 25.4 Å². The van der Waals surface area contributed by atoms with E-state index in [9.17, 15) is 25.2 Å². The first-order valence-electron chi connectivity index (χ1n) is 16.9. The highest BCUT2D eigenvalue weighted by Crippen LogP contribution is 2.70. The van der Waals surface area contributed by atoms with E-state index in [-0.39, 0.29) is 41.7 Å². The summed E-state index contributed by atoms with van der Waals surface area (Å²) in [6, 6.07) is 3.90. The van der Waals surface area contributed by atoms with Crippen LogP contribution in [0.15, 0.2) is 41.2 Å². The Bertz CT molecular complexity index is 1330. The third kappa shape index (κ3) is 5.02. The van der Waals surface area contributed by atoms with Crippen LogP contribution in [0.5, 0.6) is 0 Å². The molecule has 6 aliphatic rings. The van der Waals surface area contributed by atoms with E-state index in [0.29, 0.717) is 51.7 Å². The molecule has 0 unspecified atom stereocenters. The highest BCUT2D eigenvalue weighted by atomic mass is 16.7. The Morgan fingerprint density at radius 2 is 1.84 bits per heavy atom. The largest absolute Gasteiger partial charge is 0.458 e. The summed E-state index contributed by atoms with van der Waals surface area (Å²) in [5.41, 5.74) is -0.971. The standard InChI is InChI=1S/C35H48N2O8/c1-21-31(40)28(38)16-30(44-21)45-24-3-10-33(20-37-18-22-7-13-36-14-8-22)26-4-9-32(2)25(23-15-29(39)43-19-23)6-12-35(32,42)27(26)5-11-34(33,41)17-24/h7-8,13-15,20-21,24-28,30-31,38,40-42H,3-6,9-12,16-19H2,1-2H3/t21-,24-,25+,26-,27+,28+,30+,31+,32+,33-,34-,35-/m0/s1. The number of esters is 1. The van der Waals surface area contributed by atoms with Gasteiger partial charge in [0.2, 0.25) is 0 Å². The van der Waals surface area contributed by atoms with Crippen molar-refractivity contribution in [1.82, 2.24) is 4.98 Å². The fourth-order valence-corrected chi connectivity index (χ4v) is 10.6. The van der Waals surface area contributed by atoms with Crippen LogP contribution in [0, 0.1) is 28.6 Å². The number of rotatable bonds is 6. The predicted octanol–water partition coefficient (Wildman–Crippen LogP) is 3.25. The van der Waals surface area contributed by atoms with Gasteiger partial charge in [-0.1, -0.05) is 6.92 Å². The first-order chi connectivity index (χ1) is 21.5. The molecule has 1 saturated heterocycles. The summed E-state index contributed by atoms with van der Waals surface area (Å²) in [4.78, 5) is 21.1. The van der Waals surface area contributed by atoms with Crippen molar-refractivity contribution in [1.29, 1.82) is 0 Å². The first kappa shape index (κ1) is 31.4. The molecule has 5 fully saturated rings. The maximum absolute atomic E-state index is 12.7. The molecule has 4 N–H and O–H groups in total. The van der Waals surface area contributed by atoms with Gasteiger partial charge in [0.15, 0.2) is 6.29 Å². The number of carbonyl (C=O) groups excluding carboxylic acids is 1. The molecule has 1 aromatic rings. The van der Waals surface area contributed by atoms with E-state index in [4.69, 9.17) is 19.2 Å². The number of aliphatic imine (C=N–C) groups is 1. The van der Waals surface area contributed by atoms with Crippen molar-refractivity contribution in [3.8, 4) is 0 Å². The van der Waals surface area contributed by atoms with Gasteiger partial charge >= 0.3 is 5.97 Å². The molecule has 2 aliphatic heterocycles. The fraction of sp³-hybridized carbons (Fsp3) is 0.743. The van der Waals surface area contributed by atoms with Crippen molar-refractivity contribution >= 4 is 12.2 Å². The molecule has 0 amide bonds. The van der Waals surface area contributed by atoms with Gasteiger partial charge in [0.05, 0.1) is 36.1 Å². The van der Waals surface area contributed by atoms with Gasteiger partial charge in [0.25, 0.3) is 0 Å². The summed E-state index contributed by atoms with van der Waals surface area (Å²) in [5.74, 6) is -0.164. The molecule has 4 aliphatic carbocycles. The number of hydrogen-bond donors (Lipinski definition) is 4. The quantitative estimate of drug-likeness (QED) is 0.212. The summed E-state index contributed by atoms with van der Waals surface area (Å²) in [6.45, 7) is 4.73. The zero-order valence-electron chi connectivity index (χ0n) is 26.4. The van der Waals surface area contributed by atoms with Crippen LogP contribution in [-0.2, 0) is 25.5 Å². The summed E-state index contributed by atoms with van der Waals surface area (Å²) in [6.07, 6.45) is 10.2. The Kier molecular flexibility index (Phi) is 8.02. The smallest absolute Gasteiger partial charge is 0.331 e. The molecule has 10 heteroatoms. The topological polar surface area (TPSA) is 151 Å². The number of carbonyl (C=O) groups is 1. The molecule has 3 heterocycles. The lowest BCUT2D eigenvalue weighted by molar-refractivity contribution is -0.282. The second kappa shape index (κ2) is 11.5. The lowest BCUT2D eigenvalue weighted by Gasteiger charge is -2.66. The number of ether oxygens (including phenoxy) is 3. The zero-order chi connectivity index (χ0) is 31.6. The third-order valence-corrected chi connectivity index (χ3v) is 13.0. The summed E-state index contributed by atoms with van der Waals surface area (Å²) in [5, 5.41) is 45.9. The molecular weight excluding hydrogens is 576 g/mol. The minimum atomic E-state index is -1.09. The van der Waals surface area contributed by atoms with Crippen LogP contribution in [0.2, 0.25) is 0 Å². The molecule has 4 saturated carbocycles. The molecule has 0 radical (unpaired) electrons. The first-order valence-corrected chi connectivity index (χ1v) is 16.9. The molecule has 1 aromatic heterocycles. The van der Waals surface area contributed by atoms with Crippen molar-refractivity contribution in [3.05, 3.63) is 41.7 Å². The molecule has 7 rings (SSSR count). The van der Waals surface area contributed by atoms with Gasteiger partial charge in [-0.05, 0) is 99.3 Å². The van der Waals surface area contributed by atoms with Crippen molar-refractivity contribution in [2.24, 2.45) is 33.6 Å². The number of nitrogens with zero attached hydrogens (tertiary/aromatic N) is 2. The van der Waals surface area contributed by atoms with Gasteiger partial charge in [0.1, 0.15) is 12.7 Å². The molecule has 0 bridgehead atoms. The maximum Gasteiger partial charge on any atom is 0.331 e. The van der Waals surface area contributed by atoms with E-state index in [2.05, 4.69) is 11.9 Å². The van der Waals surface area contributed by atoms with Crippen molar-refractivity contribution in [2.45, 2.75) is 127 Å². The van der Waals surface area contributed by atoms with Gasteiger partial charge in [-0.25, -0.2) is 4.79 Å². The Hall–Kier alpha value is -2.21. The minimum absolute atomic E-state index is 0.0100. The van der Waals surface area contributed by atoms with Crippen LogP contribution < -0.4 is 0 Å². The Morgan fingerprint density at radius 1 is 1.07 bits per heavy atom. The van der Waals surface area contributed by atoms with Gasteiger partial charge in [-0.2, -0.15) is 0 Å². The zero-order valence-corrected chi connectivity index (χ0v) is 26.4. The van der Waals surface area contributed by atoms with E-state index < -0.39 is 41.2 Å². The van der Waals surface area contributed by atoms with Gasteiger partial charge in [0, 0.05) is 48.4 Å². The predicted molar refractivity (Wildman–Crippen MR) is 164 cm³/mol. The van der Waals surface area contributed by atoms with Crippen LogP contribution >= 0.6 is 0 Å². The van der Waals surface area contributed by atoms with Crippen LogP contribution in [0.25, 0.3) is 0 Å². The molecule has 246 valence electrons. The second-order valence-electron chi connectivity index (χ2n) is 15.0. The van der Waals surface area contributed by atoms with Gasteiger partial charge in [-0.3, -0.25) is 9.98 Å². The number of fused-ring (bicyclic) bond motifs is 5.